The summed E-state index contributed by atoms with van der Waals surface area (Å²) in [5.74, 6) is 0.543. The van der Waals surface area contributed by atoms with Crippen LogP contribution in [0.2, 0.25) is 0 Å². The highest BCUT2D eigenvalue weighted by Gasteiger charge is 2.09. The number of aromatic nitrogens is 5. The van der Waals surface area contributed by atoms with Crippen LogP contribution in [0.4, 0.5) is 0 Å². The molecule has 19 heavy (non-hydrogen) atoms. The Morgan fingerprint density at radius 2 is 1.95 bits per heavy atom. The first-order valence-electron chi connectivity index (χ1n) is 5.78. The molecule has 0 unspecified atom stereocenters. The SMILES string of the molecule is OCc1cnccc1-n1nnc(-c2ccccc2)n1. The van der Waals surface area contributed by atoms with Crippen LogP contribution in [0.15, 0.2) is 48.8 Å². The Hall–Kier alpha value is -2.60. The van der Waals surface area contributed by atoms with E-state index in [1.54, 1.807) is 18.5 Å². The molecule has 3 aromatic rings. The number of aliphatic hydroxyl groups is 1. The molecule has 0 atom stereocenters. The minimum atomic E-state index is -0.120. The Labute approximate surface area is 109 Å². The lowest BCUT2D eigenvalue weighted by atomic mass is 10.2. The van der Waals surface area contributed by atoms with E-state index >= 15 is 0 Å². The number of tetrazole rings is 1. The van der Waals surface area contributed by atoms with E-state index in [2.05, 4.69) is 20.4 Å². The molecule has 94 valence electrons. The summed E-state index contributed by atoms with van der Waals surface area (Å²) in [6.45, 7) is -0.120. The standard InChI is InChI=1S/C13H11N5O/c19-9-11-8-14-7-6-12(11)18-16-13(15-17-18)10-4-2-1-3-5-10/h1-8,19H,9H2. The van der Waals surface area contributed by atoms with Crippen LogP contribution in [0.1, 0.15) is 5.56 Å². The smallest absolute Gasteiger partial charge is 0.205 e. The summed E-state index contributed by atoms with van der Waals surface area (Å²) in [6.07, 6.45) is 3.21. The molecule has 0 saturated carbocycles. The Balaban J connectivity index is 2.02. The fraction of sp³-hybridized carbons (Fsp3) is 0.0769. The van der Waals surface area contributed by atoms with E-state index in [-0.39, 0.29) is 6.61 Å². The number of hydrogen-bond donors (Lipinski definition) is 1. The number of nitrogens with zero attached hydrogens (tertiary/aromatic N) is 5. The molecule has 0 spiro atoms. The topological polar surface area (TPSA) is 76.7 Å². The number of hydrogen-bond acceptors (Lipinski definition) is 5. The zero-order valence-electron chi connectivity index (χ0n) is 10.0. The molecule has 1 N–H and O–H groups in total. The average Bonchev–Trinajstić information content (AvgIpc) is 2.98. The molecular formula is C13H11N5O. The van der Waals surface area contributed by atoms with Crippen molar-refractivity contribution < 1.29 is 5.11 Å². The first-order chi connectivity index (χ1) is 9.38. The van der Waals surface area contributed by atoms with Gasteiger partial charge in [0.2, 0.25) is 5.82 Å². The van der Waals surface area contributed by atoms with Crippen LogP contribution in [0.5, 0.6) is 0 Å². The maximum absolute atomic E-state index is 9.27. The van der Waals surface area contributed by atoms with Gasteiger partial charge in [0.15, 0.2) is 0 Å². The summed E-state index contributed by atoms with van der Waals surface area (Å²) in [5, 5.41) is 21.6. The third-order valence-corrected chi connectivity index (χ3v) is 2.71. The molecular weight excluding hydrogens is 242 g/mol. The normalized spacial score (nSPS) is 10.6. The summed E-state index contributed by atoms with van der Waals surface area (Å²) >= 11 is 0. The van der Waals surface area contributed by atoms with E-state index in [0.717, 1.165) is 5.56 Å². The van der Waals surface area contributed by atoms with Crippen LogP contribution >= 0.6 is 0 Å². The molecule has 6 nitrogen and oxygen atoms in total. The summed E-state index contributed by atoms with van der Waals surface area (Å²) in [5.41, 5.74) is 2.22. The molecule has 3 rings (SSSR count). The van der Waals surface area contributed by atoms with E-state index in [4.69, 9.17) is 0 Å². The maximum Gasteiger partial charge on any atom is 0.205 e. The van der Waals surface area contributed by atoms with Gasteiger partial charge in [-0.2, -0.15) is 0 Å². The molecule has 6 heteroatoms. The van der Waals surface area contributed by atoms with Crippen molar-refractivity contribution in [2.24, 2.45) is 0 Å². The van der Waals surface area contributed by atoms with E-state index in [1.807, 2.05) is 30.3 Å². The van der Waals surface area contributed by atoms with Gasteiger partial charge in [0.25, 0.3) is 0 Å². The number of aliphatic hydroxyl groups excluding tert-OH is 1. The first-order valence-corrected chi connectivity index (χ1v) is 5.78. The summed E-state index contributed by atoms with van der Waals surface area (Å²) in [4.78, 5) is 5.36. The molecule has 1 aromatic carbocycles. The fourth-order valence-corrected chi connectivity index (χ4v) is 1.76. The quantitative estimate of drug-likeness (QED) is 0.759. The van der Waals surface area contributed by atoms with Crippen molar-refractivity contribution in [1.29, 1.82) is 0 Å². The van der Waals surface area contributed by atoms with Gasteiger partial charge < -0.3 is 5.11 Å². The van der Waals surface area contributed by atoms with E-state index in [9.17, 15) is 5.11 Å². The largest absolute Gasteiger partial charge is 0.392 e. The third-order valence-electron chi connectivity index (χ3n) is 2.71. The number of pyridine rings is 1. The molecule has 0 bridgehead atoms. The molecule has 2 aromatic heterocycles. The molecule has 0 amide bonds. The van der Waals surface area contributed by atoms with Gasteiger partial charge in [0, 0.05) is 23.5 Å². The van der Waals surface area contributed by atoms with E-state index in [1.165, 1.54) is 4.80 Å². The predicted molar refractivity (Wildman–Crippen MR) is 68.3 cm³/mol. The second kappa shape index (κ2) is 4.95. The van der Waals surface area contributed by atoms with Crippen molar-refractivity contribution in [2.75, 3.05) is 0 Å². The molecule has 0 fully saturated rings. The molecule has 0 radical (unpaired) electrons. The van der Waals surface area contributed by atoms with Gasteiger partial charge in [-0.1, -0.05) is 30.3 Å². The highest BCUT2D eigenvalue weighted by Crippen LogP contribution is 2.15. The summed E-state index contributed by atoms with van der Waals surface area (Å²) in [6, 6.07) is 11.3. The van der Waals surface area contributed by atoms with Crippen molar-refractivity contribution in [3.8, 4) is 17.1 Å². The van der Waals surface area contributed by atoms with Crippen LogP contribution < -0.4 is 0 Å². The lowest BCUT2D eigenvalue weighted by Crippen LogP contribution is -2.04. The predicted octanol–water partition coefficient (Wildman–Crippen LogP) is 1.22. The Morgan fingerprint density at radius 1 is 1.11 bits per heavy atom. The monoisotopic (exact) mass is 253 g/mol. The molecule has 0 saturated heterocycles. The van der Waals surface area contributed by atoms with Crippen molar-refractivity contribution in [3.63, 3.8) is 0 Å². The fourth-order valence-electron chi connectivity index (χ4n) is 1.76. The van der Waals surface area contributed by atoms with Gasteiger partial charge in [-0.25, -0.2) is 0 Å². The second-order valence-electron chi connectivity index (χ2n) is 3.93. The van der Waals surface area contributed by atoms with Gasteiger partial charge in [-0.3, -0.25) is 4.98 Å². The van der Waals surface area contributed by atoms with Crippen LogP contribution in [0.3, 0.4) is 0 Å². The minimum Gasteiger partial charge on any atom is -0.392 e. The Bertz CT molecular complexity index is 680. The zero-order chi connectivity index (χ0) is 13.1. The van der Waals surface area contributed by atoms with Gasteiger partial charge in [-0.05, 0) is 11.3 Å². The zero-order valence-corrected chi connectivity index (χ0v) is 10.0. The van der Waals surface area contributed by atoms with Crippen molar-refractivity contribution in [2.45, 2.75) is 6.61 Å². The highest BCUT2D eigenvalue weighted by molar-refractivity contribution is 5.53. The van der Waals surface area contributed by atoms with Crippen LogP contribution in [0, 0.1) is 0 Å². The lowest BCUT2D eigenvalue weighted by Gasteiger charge is -2.03. The third kappa shape index (κ3) is 2.21. The van der Waals surface area contributed by atoms with Crippen molar-refractivity contribution >= 4 is 0 Å². The Kier molecular flexibility index (Phi) is 2.99. The van der Waals surface area contributed by atoms with Crippen molar-refractivity contribution in [1.82, 2.24) is 25.2 Å². The number of benzene rings is 1. The van der Waals surface area contributed by atoms with Crippen LogP contribution in [0.25, 0.3) is 17.1 Å². The van der Waals surface area contributed by atoms with Gasteiger partial charge >= 0.3 is 0 Å². The second-order valence-corrected chi connectivity index (χ2v) is 3.93. The van der Waals surface area contributed by atoms with E-state index in [0.29, 0.717) is 17.1 Å². The molecule has 2 heterocycles. The van der Waals surface area contributed by atoms with Crippen molar-refractivity contribution in [3.05, 3.63) is 54.4 Å². The van der Waals surface area contributed by atoms with Gasteiger partial charge in [0.05, 0.1) is 12.3 Å². The molecule has 0 aliphatic rings. The minimum absolute atomic E-state index is 0.120. The Morgan fingerprint density at radius 3 is 2.74 bits per heavy atom. The molecule has 0 aliphatic carbocycles. The van der Waals surface area contributed by atoms with Gasteiger partial charge in [0.1, 0.15) is 0 Å². The average molecular weight is 253 g/mol. The highest BCUT2D eigenvalue weighted by atomic mass is 16.3. The number of rotatable bonds is 3. The van der Waals surface area contributed by atoms with Crippen LogP contribution in [-0.4, -0.2) is 30.3 Å². The first kappa shape index (κ1) is 11.5. The molecule has 0 aliphatic heterocycles. The van der Waals surface area contributed by atoms with Crippen LogP contribution in [-0.2, 0) is 6.61 Å². The maximum atomic E-state index is 9.27. The summed E-state index contributed by atoms with van der Waals surface area (Å²) < 4.78 is 0. The summed E-state index contributed by atoms with van der Waals surface area (Å²) in [7, 11) is 0. The van der Waals surface area contributed by atoms with E-state index < -0.39 is 0 Å². The lowest BCUT2D eigenvalue weighted by molar-refractivity contribution is 0.280. The van der Waals surface area contributed by atoms with Gasteiger partial charge in [-0.15, -0.1) is 15.0 Å².